The zero-order valence-electron chi connectivity index (χ0n) is 18.3. The summed E-state index contributed by atoms with van der Waals surface area (Å²) in [5, 5.41) is 12.8. The number of likely N-dealkylation sites (N-methyl/N-ethyl adjacent to an activating group) is 1. The van der Waals surface area contributed by atoms with Crippen LogP contribution in [0.2, 0.25) is 0 Å². The minimum atomic E-state index is 0.239. The molecule has 0 spiro atoms. The molecule has 2 atom stereocenters. The first-order valence-corrected chi connectivity index (χ1v) is 11.9. The van der Waals surface area contributed by atoms with Gasteiger partial charge in [0.05, 0.1) is 19.4 Å². The van der Waals surface area contributed by atoms with Gasteiger partial charge in [0.2, 0.25) is 0 Å². The van der Waals surface area contributed by atoms with Crippen LogP contribution in [0.25, 0.3) is 0 Å². The Bertz CT molecular complexity index is 394. The van der Waals surface area contributed by atoms with Gasteiger partial charge in [0, 0.05) is 0 Å². The summed E-state index contributed by atoms with van der Waals surface area (Å²) in [7, 11) is 0. The summed E-state index contributed by atoms with van der Waals surface area (Å²) in [5.74, 6) is 0. The Hall–Kier alpha value is -0.800. The number of aliphatic hydroxyl groups is 1. The van der Waals surface area contributed by atoms with Crippen molar-refractivity contribution in [2.24, 2.45) is 0 Å². The van der Waals surface area contributed by atoms with Crippen LogP contribution in [0.5, 0.6) is 0 Å². The van der Waals surface area contributed by atoms with E-state index in [4.69, 9.17) is 0 Å². The van der Waals surface area contributed by atoms with E-state index in [9.17, 15) is 5.11 Å². The van der Waals surface area contributed by atoms with E-state index in [1.807, 2.05) is 6.20 Å². The molecule has 27 heavy (non-hydrogen) atoms. The number of allylic oxidation sites excluding steroid dienone is 1. The molecule has 0 aliphatic carbocycles. The number of hydrogen-bond acceptors (Lipinski definition) is 2. The van der Waals surface area contributed by atoms with Crippen molar-refractivity contribution in [2.45, 2.75) is 110 Å². The SMILES string of the molecule is CCCCCCCCCCCCCCCC=CC1NC=C[N+]1(CC)CCO. The fraction of sp³-hybridized carbons (Fsp3) is 0.833. The van der Waals surface area contributed by atoms with E-state index in [0.29, 0.717) is 6.17 Å². The molecule has 3 nitrogen and oxygen atoms in total. The minimum Gasteiger partial charge on any atom is -0.390 e. The van der Waals surface area contributed by atoms with Crippen molar-refractivity contribution in [3.8, 4) is 0 Å². The first-order valence-electron chi connectivity index (χ1n) is 11.9. The monoisotopic (exact) mass is 379 g/mol. The number of aliphatic hydroxyl groups excluding tert-OH is 1. The Morgan fingerprint density at radius 1 is 0.852 bits per heavy atom. The quantitative estimate of drug-likeness (QED) is 0.167. The summed E-state index contributed by atoms with van der Waals surface area (Å²) in [4.78, 5) is 0. The summed E-state index contributed by atoms with van der Waals surface area (Å²) in [6, 6.07) is 0. The highest BCUT2D eigenvalue weighted by Crippen LogP contribution is 2.19. The highest BCUT2D eigenvalue weighted by Gasteiger charge is 2.34. The number of quaternary nitrogens is 1. The fourth-order valence-electron chi connectivity index (χ4n) is 4.12. The van der Waals surface area contributed by atoms with Crippen LogP contribution >= 0.6 is 0 Å². The van der Waals surface area contributed by atoms with Gasteiger partial charge < -0.3 is 10.4 Å². The maximum Gasteiger partial charge on any atom is 0.185 e. The summed E-state index contributed by atoms with van der Waals surface area (Å²) >= 11 is 0. The van der Waals surface area contributed by atoms with Crippen LogP contribution in [0, 0.1) is 0 Å². The van der Waals surface area contributed by atoms with Gasteiger partial charge in [0.1, 0.15) is 12.7 Å². The van der Waals surface area contributed by atoms with Crippen LogP contribution < -0.4 is 5.32 Å². The molecule has 2 N–H and O–H groups in total. The number of hydrogen-bond donors (Lipinski definition) is 2. The van der Waals surface area contributed by atoms with Gasteiger partial charge in [-0.25, -0.2) is 0 Å². The van der Waals surface area contributed by atoms with Crippen molar-refractivity contribution < 1.29 is 9.59 Å². The predicted octanol–water partition coefficient (Wildman–Crippen LogP) is 6.25. The molecule has 1 rings (SSSR count). The third-order valence-corrected chi connectivity index (χ3v) is 6.09. The second-order valence-electron chi connectivity index (χ2n) is 8.25. The van der Waals surface area contributed by atoms with E-state index >= 15 is 0 Å². The molecular formula is C24H47N2O+. The van der Waals surface area contributed by atoms with Gasteiger partial charge in [-0.05, 0) is 25.8 Å². The van der Waals surface area contributed by atoms with E-state index in [2.05, 4.69) is 37.5 Å². The highest BCUT2D eigenvalue weighted by molar-refractivity contribution is 4.97. The van der Waals surface area contributed by atoms with Crippen LogP contribution in [0.1, 0.15) is 104 Å². The minimum absolute atomic E-state index is 0.239. The Kier molecular flexibility index (Phi) is 14.5. The Labute approximate surface area is 169 Å². The third-order valence-electron chi connectivity index (χ3n) is 6.09. The van der Waals surface area contributed by atoms with Crippen LogP contribution in [-0.4, -0.2) is 35.5 Å². The molecule has 0 aromatic heterocycles. The lowest BCUT2D eigenvalue weighted by Gasteiger charge is -2.34. The molecule has 1 aliphatic heterocycles. The maximum atomic E-state index is 9.34. The maximum absolute atomic E-state index is 9.34. The van der Waals surface area contributed by atoms with Gasteiger partial charge in [-0.1, -0.05) is 90.0 Å². The molecule has 0 aromatic carbocycles. The molecule has 0 saturated heterocycles. The molecule has 0 radical (unpaired) electrons. The fourth-order valence-corrected chi connectivity index (χ4v) is 4.12. The summed E-state index contributed by atoms with van der Waals surface area (Å²) in [6.45, 7) is 6.52. The zero-order valence-corrected chi connectivity index (χ0v) is 18.3. The largest absolute Gasteiger partial charge is 0.390 e. The first-order chi connectivity index (χ1) is 13.3. The van der Waals surface area contributed by atoms with Crippen molar-refractivity contribution >= 4 is 0 Å². The normalized spacial score (nSPS) is 22.0. The number of nitrogens with one attached hydrogen (secondary N) is 1. The van der Waals surface area contributed by atoms with E-state index in [-0.39, 0.29) is 6.61 Å². The lowest BCUT2D eigenvalue weighted by Crippen LogP contribution is -2.53. The zero-order chi connectivity index (χ0) is 19.6. The van der Waals surface area contributed by atoms with Crippen molar-refractivity contribution in [2.75, 3.05) is 19.7 Å². The van der Waals surface area contributed by atoms with Crippen LogP contribution in [0.4, 0.5) is 0 Å². The van der Waals surface area contributed by atoms with Crippen molar-refractivity contribution in [3.05, 3.63) is 24.6 Å². The number of rotatable bonds is 18. The van der Waals surface area contributed by atoms with E-state index in [1.165, 1.54) is 89.9 Å². The van der Waals surface area contributed by atoms with Gasteiger partial charge in [0.15, 0.2) is 6.17 Å². The van der Waals surface area contributed by atoms with Gasteiger partial charge >= 0.3 is 0 Å². The average molecular weight is 380 g/mol. The molecule has 3 heteroatoms. The molecule has 158 valence electrons. The van der Waals surface area contributed by atoms with Gasteiger partial charge in [-0.15, -0.1) is 0 Å². The first kappa shape index (κ1) is 24.2. The molecule has 1 aliphatic rings. The molecule has 0 saturated carbocycles. The lowest BCUT2D eigenvalue weighted by molar-refractivity contribution is -0.892. The van der Waals surface area contributed by atoms with Crippen molar-refractivity contribution in [3.63, 3.8) is 0 Å². The lowest BCUT2D eigenvalue weighted by atomic mass is 10.0. The van der Waals surface area contributed by atoms with E-state index in [1.54, 1.807) is 0 Å². The van der Waals surface area contributed by atoms with Crippen LogP contribution in [-0.2, 0) is 0 Å². The van der Waals surface area contributed by atoms with Gasteiger partial charge in [-0.3, -0.25) is 4.48 Å². The summed E-state index contributed by atoms with van der Waals surface area (Å²) < 4.78 is 0.825. The highest BCUT2D eigenvalue weighted by atomic mass is 16.3. The second-order valence-corrected chi connectivity index (χ2v) is 8.25. The van der Waals surface area contributed by atoms with Gasteiger partial charge in [0.25, 0.3) is 0 Å². The van der Waals surface area contributed by atoms with Crippen LogP contribution in [0.3, 0.4) is 0 Å². The second kappa shape index (κ2) is 16.2. The Balaban J connectivity index is 1.93. The average Bonchev–Trinajstić information content (AvgIpc) is 3.08. The van der Waals surface area contributed by atoms with E-state index < -0.39 is 0 Å². The van der Waals surface area contributed by atoms with Crippen LogP contribution in [0.15, 0.2) is 24.6 Å². The topological polar surface area (TPSA) is 32.3 Å². The molecule has 0 bridgehead atoms. The smallest absolute Gasteiger partial charge is 0.185 e. The molecule has 1 heterocycles. The Morgan fingerprint density at radius 2 is 1.41 bits per heavy atom. The number of nitrogens with zero attached hydrogens (tertiary/aromatic N) is 1. The standard InChI is InChI=1S/C24H47N2O/c1-3-5-6-7-8-9-10-11-12-13-14-15-16-17-18-19-24-25-20-21-26(24,4-2)22-23-27/h18-21,24-25,27H,3-17,22-23H2,1-2H3/q+1. The molecular weight excluding hydrogens is 332 g/mol. The number of unbranched alkanes of at least 4 members (excludes halogenated alkanes) is 13. The van der Waals surface area contributed by atoms with E-state index in [0.717, 1.165) is 17.6 Å². The molecule has 2 unspecified atom stereocenters. The molecule has 0 fully saturated rings. The van der Waals surface area contributed by atoms with Crippen molar-refractivity contribution in [1.82, 2.24) is 5.32 Å². The van der Waals surface area contributed by atoms with Crippen molar-refractivity contribution in [1.29, 1.82) is 0 Å². The molecule has 0 aromatic rings. The predicted molar refractivity (Wildman–Crippen MR) is 118 cm³/mol. The Morgan fingerprint density at radius 3 is 1.93 bits per heavy atom. The van der Waals surface area contributed by atoms with Gasteiger partial charge in [-0.2, -0.15) is 0 Å². The summed E-state index contributed by atoms with van der Waals surface area (Å²) in [6.07, 6.45) is 28.7. The molecule has 0 amide bonds. The third kappa shape index (κ3) is 10.4. The summed E-state index contributed by atoms with van der Waals surface area (Å²) in [5.41, 5.74) is 0.